The van der Waals surface area contributed by atoms with Crippen molar-refractivity contribution < 1.29 is 37.6 Å². The monoisotopic (exact) mass is 850 g/mol. The zero-order chi connectivity index (χ0) is 43.2. The zero-order valence-corrected chi connectivity index (χ0v) is 38.6. The molecule has 10 heteroatoms. The number of phosphoric acid groups is 1. The Morgan fingerprint density at radius 1 is 0.525 bits per heavy atom. The Morgan fingerprint density at radius 2 is 0.932 bits per heavy atom. The minimum atomic E-state index is -4.40. The van der Waals surface area contributed by atoms with E-state index >= 15 is 0 Å². The Balaban J connectivity index is 4.14. The molecule has 0 spiro atoms. The molecule has 0 heterocycles. The summed E-state index contributed by atoms with van der Waals surface area (Å²) in [7, 11) is -4.40. The van der Waals surface area contributed by atoms with Crippen molar-refractivity contribution in [2.45, 2.75) is 213 Å². The first-order chi connectivity index (χ1) is 28.8. The highest BCUT2D eigenvalue weighted by Crippen LogP contribution is 2.43. The van der Waals surface area contributed by atoms with Gasteiger partial charge < -0.3 is 20.1 Å². The summed E-state index contributed by atoms with van der Waals surface area (Å²) in [5, 5.41) is 0. The molecule has 0 aliphatic carbocycles. The highest BCUT2D eigenvalue weighted by molar-refractivity contribution is 7.47. The maximum atomic E-state index is 12.6. The fourth-order valence-corrected chi connectivity index (χ4v) is 7.20. The summed E-state index contributed by atoms with van der Waals surface area (Å²) in [5.74, 6) is -0.893. The number of esters is 2. The third-order valence-corrected chi connectivity index (χ3v) is 10.9. The van der Waals surface area contributed by atoms with Gasteiger partial charge in [-0.2, -0.15) is 0 Å². The van der Waals surface area contributed by atoms with Gasteiger partial charge in [0, 0.05) is 19.4 Å². The van der Waals surface area contributed by atoms with Crippen molar-refractivity contribution in [3.8, 4) is 0 Å². The third-order valence-electron chi connectivity index (χ3n) is 9.92. The molecule has 2 unspecified atom stereocenters. The summed E-state index contributed by atoms with van der Waals surface area (Å²) >= 11 is 0. The van der Waals surface area contributed by atoms with Crippen LogP contribution in [0.3, 0.4) is 0 Å². The van der Waals surface area contributed by atoms with Crippen LogP contribution in [0.15, 0.2) is 60.8 Å². The second kappa shape index (κ2) is 45.2. The molecule has 2 atom stereocenters. The summed E-state index contributed by atoms with van der Waals surface area (Å²) in [6.07, 6.45) is 54.1. The summed E-state index contributed by atoms with van der Waals surface area (Å²) < 4.78 is 32.8. The molecule has 0 rings (SSSR count). The van der Waals surface area contributed by atoms with E-state index in [1.807, 2.05) is 6.08 Å². The zero-order valence-electron chi connectivity index (χ0n) is 37.7. The molecule has 0 radical (unpaired) electrons. The van der Waals surface area contributed by atoms with Crippen LogP contribution in [0, 0.1) is 0 Å². The van der Waals surface area contributed by atoms with Crippen LogP contribution in [0.5, 0.6) is 0 Å². The largest absolute Gasteiger partial charge is 0.472 e. The quantitative estimate of drug-likeness (QED) is 0.0266. The lowest BCUT2D eigenvalue weighted by Gasteiger charge is -2.19. The summed E-state index contributed by atoms with van der Waals surface area (Å²) in [4.78, 5) is 34.9. The van der Waals surface area contributed by atoms with Gasteiger partial charge in [-0.25, -0.2) is 4.57 Å². The van der Waals surface area contributed by atoms with Crippen LogP contribution in [0.2, 0.25) is 0 Å². The summed E-state index contributed by atoms with van der Waals surface area (Å²) in [6, 6.07) is 0. The lowest BCUT2D eigenvalue weighted by molar-refractivity contribution is -0.161. The Morgan fingerprint density at radius 3 is 1.37 bits per heavy atom. The molecule has 0 amide bonds. The highest BCUT2D eigenvalue weighted by Gasteiger charge is 2.26. The lowest BCUT2D eigenvalue weighted by Crippen LogP contribution is -2.29. The number of unbranched alkanes of at least 4 members (excludes halogenated alkanes) is 21. The number of hydrogen-bond donors (Lipinski definition) is 2. The Labute approximate surface area is 361 Å². The van der Waals surface area contributed by atoms with E-state index in [2.05, 4.69) is 68.5 Å². The Hall–Kier alpha value is -2.29. The van der Waals surface area contributed by atoms with Crippen molar-refractivity contribution in [3.63, 3.8) is 0 Å². The average Bonchev–Trinajstić information content (AvgIpc) is 3.22. The van der Waals surface area contributed by atoms with Crippen molar-refractivity contribution in [1.29, 1.82) is 0 Å². The number of nitrogens with two attached hydrogens (primary N) is 1. The van der Waals surface area contributed by atoms with Crippen LogP contribution in [-0.2, 0) is 32.7 Å². The van der Waals surface area contributed by atoms with E-state index < -0.39 is 32.5 Å². The van der Waals surface area contributed by atoms with Gasteiger partial charge in [0.1, 0.15) is 6.61 Å². The molecule has 0 fully saturated rings. The third kappa shape index (κ3) is 45.1. The molecule has 0 aliphatic heterocycles. The Bertz CT molecular complexity index is 1150. The Kier molecular flexibility index (Phi) is 43.5. The van der Waals surface area contributed by atoms with Crippen LogP contribution in [-0.4, -0.2) is 49.3 Å². The van der Waals surface area contributed by atoms with Gasteiger partial charge in [-0.3, -0.25) is 18.6 Å². The number of carbonyl (C=O) groups excluding carboxylic acids is 2. The molecule has 0 saturated heterocycles. The predicted molar refractivity (Wildman–Crippen MR) is 247 cm³/mol. The van der Waals surface area contributed by atoms with Gasteiger partial charge in [0.2, 0.25) is 0 Å². The number of carbonyl (C=O) groups is 2. The molecule has 3 N–H and O–H groups in total. The number of phosphoric ester groups is 1. The smallest absolute Gasteiger partial charge is 0.462 e. The van der Waals surface area contributed by atoms with Crippen LogP contribution in [0.4, 0.5) is 0 Å². The van der Waals surface area contributed by atoms with Crippen LogP contribution >= 0.6 is 7.82 Å². The minimum Gasteiger partial charge on any atom is -0.462 e. The van der Waals surface area contributed by atoms with Crippen molar-refractivity contribution in [2.75, 3.05) is 26.4 Å². The van der Waals surface area contributed by atoms with E-state index in [9.17, 15) is 19.0 Å². The maximum absolute atomic E-state index is 12.6. The molecule has 0 bridgehead atoms. The average molecular weight is 850 g/mol. The molecule has 0 saturated carbocycles. The molecule has 59 heavy (non-hydrogen) atoms. The first kappa shape index (κ1) is 56.7. The van der Waals surface area contributed by atoms with Crippen LogP contribution in [0.1, 0.15) is 206 Å². The van der Waals surface area contributed by atoms with Crippen molar-refractivity contribution >= 4 is 19.8 Å². The van der Waals surface area contributed by atoms with Crippen molar-refractivity contribution in [1.82, 2.24) is 0 Å². The number of allylic oxidation sites excluding steroid dienone is 10. The number of ether oxygens (including phenoxy) is 2. The second-order valence-corrected chi connectivity index (χ2v) is 17.1. The standard InChI is InChI=1S/C49H88NO8P/c1-3-5-7-9-11-13-15-17-19-21-22-23-24-26-27-29-31-33-35-37-39-41-48(51)55-45-47(46-57-59(53,54)56-44-43-50)58-49(52)42-40-38-36-34-32-30-28-25-20-18-16-14-12-10-8-6-4-2/h6,8,12,14,18,20,28,30,34,36,47H,3-5,7,9-11,13,15-17,19,21-27,29,31-33,35,37-46,50H2,1-2H3,(H,53,54). The van der Waals surface area contributed by atoms with Gasteiger partial charge in [0.15, 0.2) is 6.10 Å². The van der Waals surface area contributed by atoms with Gasteiger partial charge in [0.05, 0.1) is 13.2 Å². The van der Waals surface area contributed by atoms with Gasteiger partial charge in [-0.15, -0.1) is 0 Å². The molecule has 0 aromatic heterocycles. The molecule has 0 aromatic rings. The van der Waals surface area contributed by atoms with E-state index in [-0.39, 0.29) is 32.6 Å². The topological polar surface area (TPSA) is 134 Å². The van der Waals surface area contributed by atoms with E-state index in [4.69, 9.17) is 24.3 Å². The van der Waals surface area contributed by atoms with Crippen LogP contribution in [0.25, 0.3) is 0 Å². The number of rotatable bonds is 44. The molecule has 9 nitrogen and oxygen atoms in total. The van der Waals surface area contributed by atoms with Gasteiger partial charge in [-0.05, 0) is 51.4 Å². The maximum Gasteiger partial charge on any atom is 0.472 e. The fourth-order valence-electron chi connectivity index (χ4n) is 6.44. The van der Waals surface area contributed by atoms with Gasteiger partial charge in [-0.1, -0.05) is 203 Å². The van der Waals surface area contributed by atoms with E-state index in [0.29, 0.717) is 12.8 Å². The lowest BCUT2D eigenvalue weighted by atomic mass is 10.0. The number of hydrogen-bond acceptors (Lipinski definition) is 8. The first-order valence-corrected chi connectivity index (χ1v) is 25.3. The fraction of sp³-hybridized carbons (Fsp3) is 0.755. The minimum absolute atomic E-state index is 0.0430. The molecular weight excluding hydrogens is 762 g/mol. The van der Waals surface area contributed by atoms with Crippen molar-refractivity contribution in [3.05, 3.63) is 60.8 Å². The SMILES string of the molecule is CCC=CCC=CCC=CCC=CCC=CCCCC(=O)OC(COC(=O)CCCCCCCCCCCCCCCCCCCCCCC)COP(=O)(O)OCCN. The predicted octanol–water partition coefficient (Wildman–Crippen LogP) is 14.1. The second-order valence-electron chi connectivity index (χ2n) is 15.6. The summed E-state index contributed by atoms with van der Waals surface area (Å²) in [6.45, 7) is 3.57. The highest BCUT2D eigenvalue weighted by atomic mass is 31.2. The normalized spacial score (nSPS) is 13.8. The van der Waals surface area contributed by atoms with Crippen molar-refractivity contribution in [2.24, 2.45) is 5.73 Å². The molecule has 0 aliphatic rings. The van der Waals surface area contributed by atoms with E-state index in [1.165, 1.54) is 116 Å². The molecular formula is C49H88NO8P. The van der Waals surface area contributed by atoms with E-state index in [0.717, 1.165) is 51.4 Å². The van der Waals surface area contributed by atoms with Gasteiger partial charge >= 0.3 is 19.8 Å². The van der Waals surface area contributed by atoms with Gasteiger partial charge in [0.25, 0.3) is 0 Å². The van der Waals surface area contributed by atoms with Crippen LogP contribution < -0.4 is 5.73 Å². The van der Waals surface area contributed by atoms with E-state index in [1.54, 1.807) is 0 Å². The molecule has 342 valence electrons. The first-order valence-electron chi connectivity index (χ1n) is 23.8. The molecule has 0 aromatic carbocycles. The summed E-state index contributed by atoms with van der Waals surface area (Å²) in [5.41, 5.74) is 5.35.